The zero-order valence-corrected chi connectivity index (χ0v) is 12.7. The lowest BCUT2D eigenvalue weighted by Crippen LogP contribution is -2.15. The molecule has 1 saturated carbocycles. The molecule has 4 nitrogen and oxygen atoms in total. The maximum absolute atomic E-state index is 5.65. The fourth-order valence-electron chi connectivity index (χ4n) is 1.61. The molecule has 3 rings (SSSR count). The summed E-state index contributed by atoms with van der Waals surface area (Å²) in [5, 5.41) is 11.5. The number of hydrogen-bond acceptors (Lipinski definition) is 4. The van der Waals surface area contributed by atoms with Crippen LogP contribution in [0.4, 0.5) is 0 Å². The first kappa shape index (κ1) is 12.3. The van der Waals surface area contributed by atoms with Gasteiger partial charge in [-0.1, -0.05) is 15.9 Å². The number of nitrogens with zero attached hydrogens (tertiary/aromatic N) is 2. The summed E-state index contributed by atoms with van der Waals surface area (Å²) in [4.78, 5) is 0. The van der Waals surface area contributed by atoms with E-state index in [2.05, 4.69) is 47.4 Å². The second kappa shape index (κ2) is 5.11. The lowest BCUT2D eigenvalue weighted by Gasteiger charge is -2.00. The summed E-state index contributed by atoms with van der Waals surface area (Å²) < 4.78 is 7.57. The van der Waals surface area contributed by atoms with Crippen LogP contribution in [0.1, 0.15) is 18.7 Å². The largest absolute Gasteiger partial charge is 0.419 e. The van der Waals surface area contributed by atoms with Crippen molar-refractivity contribution in [1.82, 2.24) is 15.5 Å². The van der Waals surface area contributed by atoms with Crippen molar-refractivity contribution in [3.63, 3.8) is 0 Å². The highest BCUT2D eigenvalue weighted by atomic mass is 79.9. The van der Waals surface area contributed by atoms with Gasteiger partial charge in [0.05, 0.1) is 12.1 Å². The molecule has 0 bridgehead atoms. The third-order valence-corrected chi connectivity index (χ3v) is 3.93. The monoisotopic (exact) mass is 371 g/mol. The van der Waals surface area contributed by atoms with Gasteiger partial charge < -0.3 is 9.73 Å². The van der Waals surface area contributed by atoms with Crippen LogP contribution in [-0.4, -0.2) is 16.2 Å². The zero-order valence-electron chi connectivity index (χ0n) is 9.49. The lowest BCUT2D eigenvalue weighted by atomic mass is 10.2. The number of benzene rings is 1. The average molecular weight is 373 g/mol. The predicted molar refractivity (Wildman–Crippen MR) is 75.0 cm³/mol. The molecule has 94 valence electrons. The normalized spacial score (nSPS) is 15.0. The highest BCUT2D eigenvalue weighted by Gasteiger charge is 2.21. The fourth-order valence-corrected chi connectivity index (χ4v) is 2.39. The summed E-state index contributed by atoms with van der Waals surface area (Å²) in [5.41, 5.74) is 0.898. The van der Waals surface area contributed by atoms with Crippen LogP contribution in [0.25, 0.3) is 11.5 Å². The molecular formula is C12H11Br2N3O. The van der Waals surface area contributed by atoms with E-state index in [0.29, 0.717) is 24.4 Å². The summed E-state index contributed by atoms with van der Waals surface area (Å²) in [7, 11) is 0. The smallest absolute Gasteiger partial charge is 0.248 e. The maximum Gasteiger partial charge on any atom is 0.248 e. The van der Waals surface area contributed by atoms with Gasteiger partial charge in [-0.2, -0.15) is 0 Å². The molecule has 1 heterocycles. The number of rotatable bonds is 4. The van der Waals surface area contributed by atoms with Crippen molar-refractivity contribution in [2.24, 2.45) is 0 Å². The van der Waals surface area contributed by atoms with Crippen molar-refractivity contribution in [1.29, 1.82) is 0 Å². The summed E-state index contributed by atoms with van der Waals surface area (Å²) >= 11 is 6.92. The highest BCUT2D eigenvalue weighted by molar-refractivity contribution is 9.11. The van der Waals surface area contributed by atoms with Crippen molar-refractivity contribution in [2.75, 3.05) is 0 Å². The molecule has 0 radical (unpaired) electrons. The topological polar surface area (TPSA) is 51.0 Å². The Balaban J connectivity index is 1.80. The molecule has 6 heteroatoms. The van der Waals surface area contributed by atoms with Crippen molar-refractivity contribution in [3.8, 4) is 11.5 Å². The van der Waals surface area contributed by atoms with Crippen LogP contribution in [0.2, 0.25) is 0 Å². The van der Waals surface area contributed by atoms with E-state index in [9.17, 15) is 0 Å². The molecule has 0 saturated heterocycles. The van der Waals surface area contributed by atoms with E-state index in [-0.39, 0.29) is 0 Å². The van der Waals surface area contributed by atoms with Crippen molar-refractivity contribution in [3.05, 3.63) is 33.0 Å². The number of halogens is 2. The van der Waals surface area contributed by atoms with Gasteiger partial charge in [-0.05, 0) is 47.0 Å². The molecule has 1 fully saturated rings. The minimum Gasteiger partial charge on any atom is -0.419 e. The Morgan fingerprint density at radius 2 is 2.11 bits per heavy atom. The van der Waals surface area contributed by atoms with Gasteiger partial charge in [0.25, 0.3) is 0 Å². The molecule has 1 aromatic carbocycles. The molecule has 0 atom stereocenters. The molecule has 0 amide bonds. The Morgan fingerprint density at radius 1 is 1.28 bits per heavy atom. The molecule has 1 aromatic heterocycles. The Bertz CT molecular complexity index is 566. The Morgan fingerprint density at radius 3 is 2.89 bits per heavy atom. The molecule has 0 aliphatic heterocycles. The first-order valence-corrected chi connectivity index (χ1v) is 7.32. The van der Waals surface area contributed by atoms with E-state index in [1.165, 1.54) is 12.8 Å². The first-order chi connectivity index (χ1) is 8.72. The minimum absolute atomic E-state index is 0.538. The third kappa shape index (κ3) is 2.81. The molecule has 1 aliphatic carbocycles. The van der Waals surface area contributed by atoms with E-state index < -0.39 is 0 Å². The van der Waals surface area contributed by atoms with Gasteiger partial charge in [0.2, 0.25) is 11.8 Å². The van der Waals surface area contributed by atoms with Crippen LogP contribution < -0.4 is 5.32 Å². The molecule has 0 unspecified atom stereocenters. The van der Waals surface area contributed by atoms with Gasteiger partial charge in [0.15, 0.2) is 0 Å². The fraction of sp³-hybridized carbons (Fsp3) is 0.333. The average Bonchev–Trinajstić information content (AvgIpc) is 3.08. The van der Waals surface area contributed by atoms with E-state index in [1.54, 1.807) is 0 Å². The number of hydrogen-bond donors (Lipinski definition) is 1. The van der Waals surface area contributed by atoms with E-state index in [0.717, 1.165) is 14.5 Å². The van der Waals surface area contributed by atoms with Crippen LogP contribution in [-0.2, 0) is 6.54 Å². The van der Waals surface area contributed by atoms with E-state index in [4.69, 9.17) is 4.42 Å². The van der Waals surface area contributed by atoms with Crippen LogP contribution in [0.3, 0.4) is 0 Å². The predicted octanol–water partition coefficient (Wildman–Crippen LogP) is 3.51. The second-order valence-electron chi connectivity index (χ2n) is 4.28. The zero-order chi connectivity index (χ0) is 12.5. The van der Waals surface area contributed by atoms with Crippen LogP contribution in [0, 0.1) is 0 Å². The lowest BCUT2D eigenvalue weighted by molar-refractivity contribution is 0.476. The SMILES string of the molecule is Brc1ccc(Br)c(-c2nnc(CNC3CC3)o2)c1. The third-order valence-electron chi connectivity index (χ3n) is 2.74. The number of aromatic nitrogens is 2. The molecule has 2 aromatic rings. The molecule has 1 aliphatic rings. The van der Waals surface area contributed by atoms with Crippen LogP contribution in [0.5, 0.6) is 0 Å². The molecule has 1 N–H and O–H groups in total. The van der Waals surface area contributed by atoms with Gasteiger partial charge in [0.1, 0.15) is 0 Å². The molecule has 0 spiro atoms. The van der Waals surface area contributed by atoms with Crippen molar-refractivity contribution >= 4 is 31.9 Å². The summed E-state index contributed by atoms with van der Waals surface area (Å²) in [6.07, 6.45) is 2.50. The highest BCUT2D eigenvalue weighted by Crippen LogP contribution is 2.30. The second-order valence-corrected chi connectivity index (χ2v) is 6.05. The van der Waals surface area contributed by atoms with Crippen LogP contribution >= 0.6 is 31.9 Å². The van der Waals surface area contributed by atoms with Crippen molar-refractivity contribution in [2.45, 2.75) is 25.4 Å². The maximum atomic E-state index is 5.65. The summed E-state index contributed by atoms with van der Waals surface area (Å²) in [5.74, 6) is 1.17. The van der Waals surface area contributed by atoms with Gasteiger partial charge >= 0.3 is 0 Å². The minimum atomic E-state index is 0.538. The van der Waals surface area contributed by atoms with Crippen molar-refractivity contribution < 1.29 is 4.42 Å². The van der Waals surface area contributed by atoms with Gasteiger partial charge in [-0.25, -0.2) is 0 Å². The number of nitrogens with one attached hydrogen (secondary N) is 1. The van der Waals surface area contributed by atoms with Crippen LogP contribution in [0.15, 0.2) is 31.6 Å². The first-order valence-electron chi connectivity index (χ1n) is 5.73. The Kier molecular flexibility index (Phi) is 3.50. The van der Waals surface area contributed by atoms with Gasteiger partial charge in [-0.15, -0.1) is 10.2 Å². The van der Waals surface area contributed by atoms with Gasteiger partial charge in [-0.3, -0.25) is 0 Å². The van der Waals surface area contributed by atoms with E-state index in [1.807, 2.05) is 18.2 Å². The van der Waals surface area contributed by atoms with E-state index >= 15 is 0 Å². The van der Waals surface area contributed by atoms with Gasteiger partial charge in [0, 0.05) is 15.0 Å². The quantitative estimate of drug-likeness (QED) is 0.892. The Labute approximate surface area is 121 Å². The summed E-state index contributed by atoms with van der Waals surface area (Å²) in [6.45, 7) is 0.642. The molecular weight excluding hydrogens is 362 g/mol. The molecule has 18 heavy (non-hydrogen) atoms. The summed E-state index contributed by atoms with van der Waals surface area (Å²) in [6, 6.07) is 6.50. The Hall–Kier alpha value is -0.720. The standard InChI is InChI=1S/C12H11Br2N3O/c13-7-1-4-10(14)9(5-7)12-17-16-11(18-12)6-15-8-2-3-8/h1,4-5,8,15H,2-3,6H2.